The first kappa shape index (κ1) is 18.4. The smallest absolute Gasteiger partial charge is 0.282 e. The number of nitrogens with zero attached hydrogens (tertiary/aromatic N) is 2. The van der Waals surface area contributed by atoms with Gasteiger partial charge in [0.1, 0.15) is 11.3 Å². The van der Waals surface area contributed by atoms with Crippen molar-refractivity contribution in [1.29, 1.82) is 0 Å². The van der Waals surface area contributed by atoms with E-state index in [4.69, 9.17) is 4.74 Å². The second-order valence-corrected chi connectivity index (χ2v) is 5.71. The van der Waals surface area contributed by atoms with Crippen molar-refractivity contribution in [3.05, 3.63) is 69.8 Å². The molecule has 0 saturated carbocycles. The molecule has 1 amide bonds. The summed E-state index contributed by atoms with van der Waals surface area (Å²) in [5, 5.41) is 13.9. The zero-order valence-electron chi connectivity index (χ0n) is 14.4. The van der Waals surface area contributed by atoms with Crippen molar-refractivity contribution in [1.82, 2.24) is 10.2 Å². The fraction of sp³-hybridized carbons (Fsp3) is 0.278. The Morgan fingerprint density at radius 2 is 1.84 bits per heavy atom. The SMILES string of the molecule is COc1ccccc1C(CNC(=O)c1ccccc1[N+](=O)[O-])N(C)C. The van der Waals surface area contributed by atoms with E-state index in [1.165, 1.54) is 18.2 Å². The molecule has 25 heavy (non-hydrogen) atoms. The van der Waals surface area contributed by atoms with E-state index in [9.17, 15) is 14.9 Å². The molecule has 1 atom stereocenters. The number of likely N-dealkylation sites (N-methyl/N-ethyl adjacent to an activating group) is 1. The van der Waals surface area contributed by atoms with Crippen molar-refractivity contribution >= 4 is 11.6 Å². The van der Waals surface area contributed by atoms with Crippen LogP contribution in [-0.2, 0) is 0 Å². The van der Waals surface area contributed by atoms with Crippen LogP contribution in [0.5, 0.6) is 5.75 Å². The molecule has 0 aliphatic heterocycles. The lowest BCUT2D eigenvalue weighted by atomic mass is 10.0. The van der Waals surface area contributed by atoms with Crippen molar-refractivity contribution < 1.29 is 14.5 Å². The van der Waals surface area contributed by atoms with Gasteiger partial charge in [-0.3, -0.25) is 14.9 Å². The Balaban J connectivity index is 2.20. The first-order chi connectivity index (χ1) is 12.0. The molecule has 2 aromatic rings. The number of amides is 1. The Bertz CT molecular complexity index is 761. The minimum absolute atomic E-state index is 0.0463. The van der Waals surface area contributed by atoms with Crippen LogP contribution in [-0.4, -0.2) is 43.5 Å². The third-order valence-electron chi connectivity index (χ3n) is 3.92. The van der Waals surface area contributed by atoms with E-state index in [-0.39, 0.29) is 23.8 Å². The van der Waals surface area contributed by atoms with Crippen LogP contribution in [0.25, 0.3) is 0 Å². The molecule has 0 aliphatic rings. The first-order valence-corrected chi connectivity index (χ1v) is 7.76. The second-order valence-electron chi connectivity index (χ2n) is 5.71. The van der Waals surface area contributed by atoms with Crippen LogP contribution in [0.15, 0.2) is 48.5 Å². The molecular weight excluding hydrogens is 322 g/mol. The van der Waals surface area contributed by atoms with Crippen LogP contribution in [0.2, 0.25) is 0 Å². The summed E-state index contributed by atoms with van der Waals surface area (Å²) in [5.41, 5.74) is 0.765. The maximum atomic E-state index is 12.4. The summed E-state index contributed by atoms with van der Waals surface area (Å²) in [6, 6.07) is 13.3. The van der Waals surface area contributed by atoms with Crippen molar-refractivity contribution in [3.63, 3.8) is 0 Å². The van der Waals surface area contributed by atoms with Gasteiger partial charge >= 0.3 is 0 Å². The van der Waals surface area contributed by atoms with Crippen molar-refractivity contribution in [3.8, 4) is 5.75 Å². The minimum atomic E-state index is -0.557. The van der Waals surface area contributed by atoms with Crippen molar-refractivity contribution in [2.45, 2.75) is 6.04 Å². The first-order valence-electron chi connectivity index (χ1n) is 7.76. The third-order valence-corrected chi connectivity index (χ3v) is 3.92. The molecule has 0 aliphatic carbocycles. The zero-order valence-corrected chi connectivity index (χ0v) is 14.4. The fourth-order valence-electron chi connectivity index (χ4n) is 2.62. The highest BCUT2D eigenvalue weighted by Crippen LogP contribution is 2.27. The zero-order chi connectivity index (χ0) is 18.4. The monoisotopic (exact) mass is 343 g/mol. The normalized spacial score (nSPS) is 11.8. The highest BCUT2D eigenvalue weighted by atomic mass is 16.6. The lowest BCUT2D eigenvalue weighted by Gasteiger charge is -2.26. The lowest BCUT2D eigenvalue weighted by molar-refractivity contribution is -0.385. The number of nitrogens with one attached hydrogen (secondary N) is 1. The van der Waals surface area contributed by atoms with Gasteiger partial charge in [-0.1, -0.05) is 30.3 Å². The number of methoxy groups -OCH3 is 1. The minimum Gasteiger partial charge on any atom is -0.496 e. The molecule has 2 rings (SSSR count). The topological polar surface area (TPSA) is 84.7 Å². The number of nitro groups is 1. The van der Waals surface area contributed by atoms with Crippen molar-refractivity contribution in [2.24, 2.45) is 0 Å². The van der Waals surface area contributed by atoms with Crippen LogP contribution in [0.4, 0.5) is 5.69 Å². The highest BCUT2D eigenvalue weighted by molar-refractivity contribution is 5.98. The van der Waals surface area contributed by atoms with Gasteiger partial charge in [-0.2, -0.15) is 0 Å². The summed E-state index contributed by atoms with van der Waals surface area (Å²) in [7, 11) is 5.39. The highest BCUT2D eigenvalue weighted by Gasteiger charge is 2.22. The van der Waals surface area contributed by atoms with Gasteiger partial charge < -0.3 is 15.0 Å². The molecule has 0 heterocycles. The maximum Gasteiger partial charge on any atom is 0.282 e. The van der Waals surface area contributed by atoms with Crippen LogP contribution < -0.4 is 10.1 Å². The molecule has 2 aromatic carbocycles. The molecule has 0 aromatic heterocycles. The average Bonchev–Trinajstić information content (AvgIpc) is 2.61. The third kappa shape index (κ3) is 4.33. The number of hydrogen-bond donors (Lipinski definition) is 1. The van der Waals surface area contributed by atoms with Gasteiger partial charge in [-0.05, 0) is 26.2 Å². The quantitative estimate of drug-likeness (QED) is 0.617. The number of hydrogen-bond acceptors (Lipinski definition) is 5. The number of para-hydroxylation sites is 2. The summed E-state index contributed by atoms with van der Waals surface area (Å²) in [5.74, 6) is 0.246. The molecule has 0 saturated heterocycles. The summed E-state index contributed by atoms with van der Waals surface area (Å²) in [6.45, 7) is 0.290. The number of nitro benzene ring substituents is 1. The molecule has 7 nitrogen and oxygen atoms in total. The molecule has 1 N–H and O–H groups in total. The van der Waals surface area contributed by atoms with Crippen LogP contribution in [0.1, 0.15) is 22.0 Å². The van der Waals surface area contributed by atoms with E-state index in [2.05, 4.69) is 5.32 Å². The number of ether oxygens (including phenoxy) is 1. The van der Waals surface area contributed by atoms with Crippen LogP contribution >= 0.6 is 0 Å². The molecule has 0 radical (unpaired) electrons. The summed E-state index contributed by atoms with van der Waals surface area (Å²) in [6.07, 6.45) is 0. The van der Waals surface area contributed by atoms with E-state index in [0.29, 0.717) is 0 Å². The Morgan fingerprint density at radius 3 is 2.48 bits per heavy atom. The number of rotatable bonds is 7. The summed E-state index contributed by atoms with van der Waals surface area (Å²) < 4.78 is 5.39. The largest absolute Gasteiger partial charge is 0.496 e. The molecule has 7 heteroatoms. The second kappa shape index (κ2) is 8.25. The van der Waals surface area contributed by atoms with Gasteiger partial charge in [0.15, 0.2) is 0 Å². The van der Waals surface area contributed by atoms with Gasteiger partial charge in [0, 0.05) is 18.2 Å². The van der Waals surface area contributed by atoms with E-state index in [1.807, 2.05) is 43.3 Å². The molecule has 1 unspecified atom stereocenters. The van der Waals surface area contributed by atoms with Gasteiger partial charge in [0.25, 0.3) is 11.6 Å². The number of carbonyl (C=O) groups excluding carboxylic acids is 1. The predicted octanol–water partition coefficient (Wildman–Crippen LogP) is 2.64. The van der Waals surface area contributed by atoms with Gasteiger partial charge in [-0.15, -0.1) is 0 Å². The van der Waals surface area contributed by atoms with Gasteiger partial charge in [0.05, 0.1) is 18.1 Å². The fourth-order valence-corrected chi connectivity index (χ4v) is 2.62. The molecule has 0 fully saturated rings. The Labute approximate surface area is 146 Å². The van der Waals surface area contributed by atoms with E-state index >= 15 is 0 Å². The van der Waals surface area contributed by atoms with Gasteiger partial charge in [-0.25, -0.2) is 0 Å². The van der Waals surface area contributed by atoms with Crippen LogP contribution in [0.3, 0.4) is 0 Å². The summed E-state index contributed by atoms with van der Waals surface area (Å²) >= 11 is 0. The van der Waals surface area contributed by atoms with E-state index < -0.39 is 10.8 Å². The predicted molar refractivity (Wildman–Crippen MR) is 94.9 cm³/mol. The van der Waals surface area contributed by atoms with E-state index in [1.54, 1.807) is 13.2 Å². The van der Waals surface area contributed by atoms with Crippen LogP contribution in [0, 0.1) is 10.1 Å². The molecule has 0 bridgehead atoms. The molecular formula is C18H21N3O4. The van der Waals surface area contributed by atoms with Crippen molar-refractivity contribution in [2.75, 3.05) is 27.7 Å². The lowest BCUT2D eigenvalue weighted by Crippen LogP contribution is -2.35. The molecule has 0 spiro atoms. The standard InChI is InChI=1S/C18H21N3O4/c1-20(2)16(13-8-5-7-11-17(13)25-3)12-19-18(22)14-9-4-6-10-15(14)21(23)24/h4-11,16H,12H2,1-3H3,(H,19,22). The van der Waals surface area contributed by atoms with E-state index in [0.717, 1.165) is 11.3 Å². The Hall–Kier alpha value is -2.93. The average molecular weight is 343 g/mol. The summed E-state index contributed by atoms with van der Waals surface area (Å²) in [4.78, 5) is 24.9. The maximum absolute atomic E-state index is 12.4. The Kier molecular flexibility index (Phi) is 6.08. The molecule has 132 valence electrons. The number of carbonyl (C=O) groups is 1. The Morgan fingerprint density at radius 1 is 1.20 bits per heavy atom. The number of benzene rings is 2. The van der Waals surface area contributed by atoms with Gasteiger partial charge in [0.2, 0.25) is 0 Å².